The van der Waals surface area contributed by atoms with Gasteiger partial charge in [0.05, 0.1) is 5.56 Å². The molecule has 0 aliphatic carbocycles. The van der Waals surface area contributed by atoms with Crippen LogP contribution in [0.4, 0.5) is 4.39 Å². The summed E-state index contributed by atoms with van der Waals surface area (Å²) in [5.74, 6) is -0.749. The quantitative estimate of drug-likeness (QED) is 0.345. The number of benzene rings is 1. The molecule has 0 fully saturated rings. The van der Waals surface area contributed by atoms with Crippen molar-refractivity contribution in [3.05, 3.63) is 33.5 Å². The van der Waals surface area contributed by atoms with E-state index in [1.807, 2.05) is 0 Å². The summed E-state index contributed by atoms with van der Waals surface area (Å²) in [6.45, 7) is 1.79. The minimum atomic E-state index is -0.521. The van der Waals surface area contributed by atoms with Gasteiger partial charge in [0.25, 0.3) is 0 Å². The molecule has 0 saturated carbocycles. The van der Waals surface area contributed by atoms with Crippen LogP contribution < -0.4 is 5.73 Å². The molecule has 1 aromatic rings. The molecule has 1 aromatic carbocycles. The van der Waals surface area contributed by atoms with Crippen LogP contribution >= 0.6 is 15.9 Å². The zero-order valence-electron chi connectivity index (χ0n) is 6.88. The Labute approximate surface area is 83.2 Å². The van der Waals surface area contributed by atoms with Crippen molar-refractivity contribution in [1.82, 2.24) is 0 Å². The standard InChI is InChI=1S/C8H8BrFN2O/c1-4-2-5(8(11)12-13)7(10)3-6(4)9/h2-3,13H,1H3,(H2,11,12). The fourth-order valence-electron chi connectivity index (χ4n) is 0.907. The van der Waals surface area contributed by atoms with Crippen molar-refractivity contribution in [2.75, 3.05) is 0 Å². The molecular formula is C8H8BrFN2O. The van der Waals surface area contributed by atoms with Gasteiger partial charge >= 0.3 is 0 Å². The Bertz CT molecular complexity index is 365. The van der Waals surface area contributed by atoms with Crippen LogP contribution in [0.1, 0.15) is 11.1 Å². The van der Waals surface area contributed by atoms with E-state index in [4.69, 9.17) is 10.9 Å². The highest BCUT2D eigenvalue weighted by Crippen LogP contribution is 2.20. The summed E-state index contributed by atoms with van der Waals surface area (Å²) >= 11 is 3.17. The van der Waals surface area contributed by atoms with Gasteiger partial charge in [-0.3, -0.25) is 0 Å². The van der Waals surface area contributed by atoms with Crippen LogP contribution in [0.3, 0.4) is 0 Å². The number of aryl methyl sites for hydroxylation is 1. The van der Waals surface area contributed by atoms with E-state index in [0.29, 0.717) is 4.47 Å². The highest BCUT2D eigenvalue weighted by Gasteiger charge is 2.09. The lowest BCUT2D eigenvalue weighted by Crippen LogP contribution is -2.15. The smallest absolute Gasteiger partial charge is 0.173 e. The summed E-state index contributed by atoms with van der Waals surface area (Å²) in [6.07, 6.45) is 0. The summed E-state index contributed by atoms with van der Waals surface area (Å²) in [6, 6.07) is 2.79. The van der Waals surface area contributed by atoms with Crippen LogP contribution in [0.25, 0.3) is 0 Å². The first-order valence-corrected chi connectivity index (χ1v) is 4.29. The highest BCUT2D eigenvalue weighted by molar-refractivity contribution is 9.10. The molecule has 0 aliphatic rings. The van der Waals surface area contributed by atoms with E-state index in [-0.39, 0.29) is 11.4 Å². The van der Waals surface area contributed by atoms with Crippen molar-refractivity contribution < 1.29 is 9.60 Å². The molecule has 0 atom stereocenters. The second-order valence-corrected chi connectivity index (χ2v) is 3.42. The normalized spacial score (nSPS) is 11.8. The minimum Gasteiger partial charge on any atom is -0.409 e. The van der Waals surface area contributed by atoms with Gasteiger partial charge in [-0.15, -0.1) is 0 Å². The topological polar surface area (TPSA) is 58.6 Å². The Kier molecular flexibility index (Phi) is 2.87. The summed E-state index contributed by atoms with van der Waals surface area (Å²) in [7, 11) is 0. The molecule has 3 N–H and O–H groups in total. The molecule has 0 unspecified atom stereocenters. The molecule has 0 radical (unpaired) electrons. The van der Waals surface area contributed by atoms with Gasteiger partial charge in [0, 0.05) is 4.47 Å². The molecule has 0 aromatic heterocycles. The maximum absolute atomic E-state index is 13.2. The molecule has 0 heterocycles. The van der Waals surface area contributed by atoms with E-state index in [0.717, 1.165) is 5.56 Å². The van der Waals surface area contributed by atoms with E-state index in [2.05, 4.69) is 21.1 Å². The zero-order chi connectivity index (χ0) is 10.0. The molecular weight excluding hydrogens is 239 g/mol. The second kappa shape index (κ2) is 3.74. The Morgan fingerprint density at radius 1 is 1.62 bits per heavy atom. The van der Waals surface area contributed by atoms with E-state index < -0.39 is 5.82 Å². The summed E-state index contributed by atoms with van der Waals surface area (Å²) < 4.78 is 13.8. The van der Waals surface area contributed by atoms with E-state index in [1.165, 1.54) is 12.1 Å². The molecule has 0 amide bonds. The van der Waals surface area contributed by atoms with Gasteiger partial charge in [-0.1, -0.05) is 21.1 Å². The number of rotatable bonds is 1. The maximum Gasteiger partial charge on any atom is 0.173 e. The molecule has 3 nitrogen and oxygen atoms in total. The second-order valence-electron chi connectivity index (χ2n) is 2.57. The van der Waals surface area contributed by atoms with Crippen LogP contribution in [0, 0.1) is 12.7 Å². The van der Waals surface area contributed by atoms with Crippen molar-refractivity contribution in [3.63, 3.8) is 0 Å². The third kappa shape index (κ3) is 1.98. The Morgan fingerprint density at radius 2 is 2.23 bits per heavy atom. The van der Waals surface area contributed by atoms with Gasteiger partial charge in [0.2, 0.25) is 0 Å². The number of nitrogens with two attached hydrogens (primary N) is 1. The van der Waals surface area contributed by atoms with E-state index in [9.17, 15) is 4.39 Å². The first-order chi connectivity index (χ1) is 6.06. The van der Waals surface area contributed by atoms with Crippen LogP contribution in [-0.2, 0) is 0 Å². The Balaban J connectivity index is 3.32. The third-order valence-electron chi connectivity index (χ3n) is 1.63. The van der Waals surface area contributed by atoms with Gasteiger partial charge in [-0.25, -0.2) is 4.39 Å². The fourth-order valence-corrected chi connectivity index (χ4v) is 1.22. The molecule has 0 bridgehead atoms. The fraction of sp³-hybridized carbons (Fsp3) is 0.125. The van der Waals surface area contributed by atoms with Gasteiger partial charge < -0.3 is 10.9 Å². The van der Waals surface area contributed by atoms with Crippen LogP contribution in [0.15, 0.2) is 21.8 Å². The van der Waals surface area contributed by atoms with Crippen molar-refractivity contribution >= 4 is 21.8 Å². The highest BCUT2D eigenvalue weighted by atomic mass is 79.9. The van der Waals surface area contributed by atoms with Crippen molar-refractivity contribution in [3.8, 4) is 0 Å². The Morgan fingerprint density at radius 3 is 2.77 bits per heavy atom. The molecule has 0 saturated heterocycles. The molecule has 70 valence electrons. The van der Waals surface area contributed by atoms with Crippen molar-refractivity contribution in [2.24, 2.45) is 10.9 Å². The first-order valence-electron chi connectivity index (χ1n) is 3.49. The largest absolute Gasteiger partial charge is 0.409 e. The molecule has 1 rings (SSSR count). The van der Waals surface area contributed by atoms with Gasteiger partial charge in [-0.2, -0.15) is 0 Å². The average molecular weight is 247 g/mol. The van der Waals surface area contributed by atoms with Crippen LogP contribution in [-0.4, -0.2) is 11.0 Å². The zero-order valence-corrected chi connectivity index (χ0v) is 8.47. The van der Waals surface area contributed by atoms with Crippen LogP contribution in [0.2, 0.25) is 0 Å². The summed E-state index contributed by atoms with van der Waals surface area (Å²) in [4.78, 5) is 0. The monoisotopic (exact) mass is 246 g/mol. The Hall–Kier alpha value is -1.10. The number of nitrogens with zero attached hydrogens (tertiary/aromatic N) is 1. The summed E-state index contributed by atoms with van der Waals surface area (Å²) in [5.41, 5.74) is 6.18. The number of hydrogen-bond acceptors (Lipinski definition) is 2. The van der Waals surface area contributed by atoms with E-state index in [1.54, 1.807) is 6.92 Å². The first kappa shape index (κ1) is 9.98. The van der Waals surface area contributed by atoms with Crippen LogP contribution in [0.5, 0.6) is 0 Å². The lowest BCUT2D eigenvalue weighted by atomic mass is 10.1. The molecule has 0 aliphatic heterocycles. The predicted molar refractivity (Wildman–Crippen MR) is 51.3 cm³/mol. The SMILES string of the molecule is Cc1cc(C(N)=NO)c(F)cc1Br. The van der Waals surface area contributed by atoms with Gasteiger partial charge in [0.1, 0.15) is 5.82 Å². The number of halogens is 2. The minimum absolute atomic E-state index is 0.100. The number of amidine groups is 1. The van der Waals surface area contributed by atoms with Crippen molar-refractivity contribution in [1.29, 1.82) is 0 Å². The predicted octanol–water partition coefficient (Wildman–Crippen LogP) is 1.99. The molecule has 5 heteroatoms. The van der Waals surface area contributed by atoms with Gasteiger partial charge in [-0.05, 0) is 24.6 Å². The maximum atomic E-state index is 13.2. The average Bonchev–Trinajstić information content (AvgIpc) is 2.10. The van der Waals surface area contributed by atoms with E-state index >= 15 is 0 Å². The third-order valence-corrected chi connectivity index (χ3v) is 2.49. The molecule has 13 heavy (non-hydrogen) atoms. The van der Waals surface area contributed by atoms with Gasteiger partial charge in [0.15, 0.2) is 5.84 Å². The number of oxime groups is 1. The lowest BCUT2D eigenvalue weighted by molar-refractivity contribution is 0.318. The number of hydrogen-bond donors (Lipinski definition) is 2. The van der Waals surface area contributed by atoms with Crippen molar-refractivity contribution in [2.45, 2.75) is 6.92 Å². The summed E-state index contributed by atoms with van der Waals surface area (Å²) in [5, 5.41) is 11.1. The lowest BCUT2D eigenvalue weighted by Gasteiger charge is -2.04. The molecule has 0 spiro atoms.